The summed E-state index contributed by atoms with van der Waals surface area (Å²) in [6, 6.07) is 0.615. The number of hydrogen-bond acceptors (Lipinski definition) is 1. The van der Waals surface area contributed by atoms with Crippen LogP contribution in [0.4, 0.5) is 0 Å². The van der Waals surface area contributed by atoms with E-state index >= 15 is 0 Å². The Morgan fingerprint density at radius 2 is 1.88 bits per heavy atom. The normalized spacial score (nSPS) is 25.1. The number of thiocarbonyl (C=S) groups is 1. The average molecular weight is 242 g/mol. The summed E-state index contributed by atoms with van der Waals surface area (Å²) in [5.74, 6) is 0.958. The topological polar surface area (TPSA) is 24.1 Å². The van der Waals surface area contributed by atoms with E-state index in [1.807, 2.05) is 0 Å². The van der Waals surface area contributed by atoms with Gasteiger partial charge in [0, 0.05) is 12.6 Å². The summed E-state index contributed by atoms with van der Waals surface area (Å²) in [5, 5.41) is 7.57. The van der Waals surface area contributed by atoms with E-state index in [-0.39, 0.29) is 0 Å². The third kappa shape index (κ3) is 5.15. The van der Waals surface area contributed by atoms with Gasteiger partial charge in [0.15, 0.2) is 5.11 Å². The molecule has 0 heterocycles. The molecule has 0 aromatic carbocycles. The summed E-state index contributed by atoms with van der Waals surface area (Å²) in [7, 11) is 0. The van der Waals surface area contributed by atoms with Crippen molar-refractivity contribution in [2.45, 2.75) is 64.8 Å². The zero-order valence-electron chi connectivity index (χ0n) is 10.7. The van der Waals surface area contributed by atoms with Crippen LogP contribution in [0.15, 0.2) is 0 Å². The van der Waals surface area contributed by atoms with E-state index < -0.39 is 0 Å². The van der Waals surface area contributed by atoms with Crippen LogP contribution in [0.5, 0.6) is 0 Å². The Morgan fingerprint density at radius 1 is 1.19 bits per heavy atom. The third-order valence-corrected chi connectivity index (χ3v) is 3.84. The largest absolute Gasteiger partial charge is 0.363 e. The second-order valence-corrected chi connectivity index (χ2v) is 5.29. The van der Waals surface area contributed by atoms with Crippen LogP contribution in [0.25, 0.3) is 0 Å². The van der Waals surface area contributed by atoms with Crippen LogP contribution < -0.4 is 10.6 Å². The zero-order valence-corrected chi connectivity index (χ0v) is 11.5. The first-order valence-electron chi connectivity index (χ1n) is 6.80. The lowest BCUT2D eigenvalue weighted by Crippen LogP contribution is -2.43. The molecule has 0 radical (unpaired) electrons. The first-order valence-corrected chi connectivity index (χ1v) is 7.21. The standard InChI is InChI=1S/C13H26N2S/c1-3-5-10-14-13(16)15-12-8-6-11(4-2)7-9-12/h11-12H,3-10H2,1-2H3,(H2,14,15,16). The van der Waals surface area contributed by atoms with Gasteiger partial charge in [-0.3, -0.25) is 0 Å². The molecular formula is C13H26N2S. The fourth-order valence-corrected chi connectivity index (χ4v) is 2.60. The van der Waals surface area contributed by atoms with Crippen molar-refractivity contribution >= 4 is 17.3 Å². The number of unbranched alkanes of at least 4 members (excludes halogenated alkanes) is 1. The fraction of sp³-hybridized carbons (Fsp3) is 0.923. The van der Waals surface area contributed by atoms with Crippen LogP contribution in [0.2, 0.25) is 0 Å². The van der Waals surface area contributed by atoms with Gasteiger partial charge in [0.2, 0.25) is 0 Å². The highest BCUT2D eigenvalue weighted by molar-refractivity contribution is 7.80. The number of nitrogens with one attached hydrogen (secondary N) is 2. The van der Waals surface area contributed by atoms with Gasteiger partial charge < -0.3 is 10.6 Å². The Labute approximate surface area is 106 Å². The smallest absolute Gasteiger partial charge is 0.166 e. The molecule has 16 heavy (non-hydrogen) atoms. The molecule has 0 aromatic heterocycles. The van der Waals surface area contributed by atoms with Crippen molar-refractivity contribution < 1.29 is 0 Å². The van der Waals surface area contributed by atoms with Crippen molar-refractivity contribution in [3.05, 3.63) is 0 Å². The van der Waals surface area contributed by atoms with E-state index in [9.17, 15) is 0 Å². The molecule has 0 atom stereocenters. The molecule has 0 unspecified atom stereocenters. The molecule has 94 valence electrons. The molecule has 0 spiro atoms. The summed E-state index contributed by atoms with van der Waals surface area (Å²) in [4.78, 5) is 0. The van der Waals surface area contributed by atoms with E-state index in [1.54, 1.807) is 0 Å². The maximum atomic E-state index is 5.28. The molecular weight excluding hydrogens is 216 g/mol. The van der Waals surface area contributed by atoms with E-state index in [4.69, 9.17) is 12.2 Å². The molecule has 0 aromatic rings. The monoisotopic (exact) mass is 242 g/mol. The lowest BCUT2D eigenvalue weighted by atomic mass is 9.85. The highest BCUT2D eigenvalue weighted by Crippen LogP contribution is 2.26. The Morgan fingerprint density at radius 3 is 2.44 bits per heavy atom. The molecule has 1 fully saturated rings. The summed E-state index contributed by atoms with van der Waals surface area (Å²) < 4.78 is 0. The Hall–Kier alpha value is -0.310. The van der Waals surface area contributed by atoms with Crippen molar-refractivity contribution in [3.63, 3.8) is 0 Å². The first kappa shape index (κ1) is 13.8. The second-order valence-electron chi connectivity index (χ2n) is 4.88. The molecule has 0 amide bonds. The predicted molar refractivity (Wildman–Crippen MR) is 74.7 cm³/mol. The van der Waals surface area contributed by atoms with Crippen molar-refractivity contribution in [2.75, 3.05) is 6.54 Å². The summed E-state index contributed by atoms with van der Waals surface area (Å²) in [5.41, 5.74) is 0. The number of hydrogen-bond donors (Lipinski definition) is 2. The molecule has 1 aliphatic rings. The predicted octanol–water partition coefficient (Wildman–Crippen LogP) is 3.22. The fourth-order valence-electron chi connectivity index (χ4n) is 2.33. The van der Waals surface area contributed by atoms with Gasteiger partial charge in [-0.2, -0.15) is 0 Å². The van der Waals surface area contributed by atoms with Gasteiger partial charge in [-0.25, -0.2) is 0 Å². The van der Waals surface area contributed by atoms with Crippen molar-refractivity contribution in [3.8, 4) is 0 Å². The van der Waals surface area contributed by atoms with Gasteiger partial charge in [0.05, 0.1) is 0 Å². The molecule has 3 heteroatoms. The number of rotatable bonds is 5. The minimum Gasteiger partial charge on any atom is -0.363 e. The van der Waals surface area contributed by atoms with Crippen molar-refractivity contribution in [2.24, 2.45) is 5.92 Å². The molecule has 2 N–H and O–H groups in total. The van der Waals surface area contributed by atoms with Crippen LogP contribution in [0, 0.1) is 5.92 Å². The lowest BCUT2D eigenvalue weighted by Gasteiger charge is -2.29. The van der Waals surface area contributed by atoms with E-state index in [1.165, 1.54) is 44.9 Å². The Kier molecular flexibility index (Phi) is 6.78. The molecule has 0 aliphatic heterocycles. The molecule has 0 bridgehead atoms. The first-order chi connectivity index (χ1) is 7.76. The van der Waals surface area contributed by atoms with Crippen LogP contribution >= 0.6 is 12.2 Å². The molecule has 1 saturated carbocycles. The quantitative estimate of drug-likeness (QED) is 0.572. The summed E-state index contributed by atoms with van der Waals surface area (Å²) in [6.45, 7) is 5.51. The zero-order chi connectivity index (χ0) is 11.8. The highest BCUT2D eigenvalue weighted by Gasteiger charge is 2.19. The molecule has 2 nitrogen and oxygen atoms in total. The van der Waals surface area contributed by atoms with Gasteiger partial charge in [0.1, 0.15) is 0 Å². The lowest BCUT2D eigenvalue weighted by molar-refractivity contribution is 0.305. The molecule has 0 saturated heterocycles. The van der Waals surface area contributed by atoms with Gasteiger partial charge >= 0.3 is 0 Å². The van der Waals surface area contributed by atoms with Gasteiger partial charge in [0.25, 0.3) is 0 Å². The average Bonchev–Trinajstić information content (AvgIpc) is 2.30. The SMILES string of the molecule is CCCCNC(=S)NC1CCC(CC)CC1. The van der Waals surface area contributed by atoms with Gasteiger partial charge in [-0.1, -0.05) is 26.7 Å². The minimum atomic E-state index is 0.615. The summed E-state index contributed by atoms with van der Waals surface area (Å²) >= 11 is 5.28. The van der Waals surface area contributed by atoms with Crippen LogP contribution in [-0.4, -0.2) is 17.7 Å². The van der Waals surface area contributed by atoms with E-state index in [2.05, 4.69) is 24.5 Å². The maximum Gasteiger partial charge on any atom is 0.166 e. The van der Waals surface area contributed by atoms with Crippen molar-refractivity contribution in [1.29, 1.82) is 0 Å². The summed E-state index contributed by atoms with van der Waals surface area (Å²) in [6.07, 6.45) is 9.06. The Balaban J connectivity index is 2.10. The van der Waals surface area contributed by atoms with E-state index in [0.29, 0.717) is 6.04 Å². The maximum absolute atomic E-state index is 5.28. The highest BCUT2D eigenvalue weighted by atomic mass is 32.1. The minimum absolute atomic E-state index is 0.615. The van der Waals surface area contributed by atoms with E-state index in [0.717, 1.165) is 17.6 Å². The van der Waals surface area contributed by atoms with Crippen molar-refractivity contribution in [1.82, 2.24) is 10.6 Å². The third-order valence-electron chi connectivity index (χ3n) is 3.58. The second kappa shape index (κ2) is 7.88. The van der Waals surface area contributed by atoms with Gasteiger partial charge in [-0.15, -0.1) is 0 Å². The van der Waals surface area contributed by atoms with Crippen LogP contribution in [-0.2, 0) is 0 Å². The van der Waals surface area contributed by atoms with Gasteiger partial charge in [-0.05, 0) is 50.2 Å². The van der Waals surface area contributed by atoms with Crippen LogP contribution in [0.1, 0.15) is 58.8 Å². The Bertz CT molecular complexity index is 198. The molecule has 1 aliphatic carbocycles. The van der Waals surface area contributed by atoms with Crippen LogP contribution in [0.3, 0.4) is 0 Å². The molecule has 1 rings (SSSR count).